The van der Waals surface area contributed by atoms with Crippen molar-refractivity contribution in [2.45, 2.75) is 33.1 Å². The van der Waals surface area contributed by atoms with E-state index in [1.165, 1.54) is 16.7 Å². The predicted molar refractivity (Wildman–Crippen MR) is 257 cm³/mol. The van der Waals surface area contributed by atoms with Gasteiger partial charge >= 0.3 is 0 Å². The van der Waals surface area contributed by atoms with Crippen molar-refractivity contribution in [3.05, 3.63) is 217 Å². The van der Waals surface area contributed by atoms with Crippen LogP contribution in [0.2, 0.25) is 0 Å². The van der Waals surface area contributed by atoms with Gasteiger partial charge < -0.3 is 0 Å². The maximum atomic E-state index is 5.13. The fourth-order valence-electron chi connectivity index (χ4n) is 8.49. The molecule has 0 aliphatic heterocycles. The van der Waals surface area contributed by atoms with Crippen LogP contribution in [0.4, 0.5) is 0 Å². The number of hydrogen-bond acceptors (Lipinski definition) is 6. The number of nitrogens with zero attached hydrogens (tertiary/aromatic N) is 6. The molecule has 0 saturated carbocycles. The number of hydrogen-bond donors (Lipinski definition) is 0. The lowest BCUT2D eigenvalue weighted by Crippen LogP contribution is -2.16. The molecule has 6 aromatic carbocycles. The summed E-state index contributed by atoms with van der Waals surface area (Å²) in [4.78, 5) is 30.4. The van der Waals surface area contributed by atoms with E-state index in [-0.39, 0.29) is 11.8 Å². The molecule has 0 N–H and O–H groups in total. The second kappa shape index (κ2) is 17.3. The number of allylic oxidation sites excluding steroid dienone is 8. The predicted octanol–water partition coefficient (Wildman–Crippen LogP) is 13.7. The number of aromatic nitrogens is 6. The van der Waals surface area contributed by atoms with E-state index in [0.29, 0.717) is 40.9 Å². The van der Waals surface area contributed by atoms with Crippen molar-refractivity contribution in [1.82, 2.24) is 29.9 Å². The molecule has 0 fully saturated rings. The van der Waals surface area contributed by atoms with Crippen LogP contribution in [0.15, 0.2) is 194 Å². The van der Waals surface area contributed by atoms with E-state index in [2.05, 4.69) is 160 Å². The van der Waals surface area contributed by atoms with E-state index < -0.39 is 0 Å². The van der Waals surface area contributed by atoms with E-state index in [0.717, 1.165) is 56.5 Å². The highest BCUT2D eigenvalue weighted by Crippen LogP contribution is 2.41. The fraction of sp³-hybridized carbons (Fsp3) is 0.123. The van der Waals surface area contributed by atoms with Gasteiger partial charge in [0.25, 0.3) is 0 Å². The third-order valence-corrected chi connectivity index (χ3v) is 12.1. The fourth-order valence-corrected chi connectivity index (χ4v) is 8.49. The van der Waals surface area contributed by atoms with Gasteiger partial charge in [-0.3, -0.25) is 0 Å². The lowest BCUT2D eigenvalue weighted by atomic mass is 9.78. The Bertz CT molecular complexity index is 3060. The van der Waals surface area contributed by atoms with Crippen LogP contribution in [0.5, 0.6) is 0 Å². The second-order valence-electron chi connectivity index (χ2n) is 16.5. The van der Waals surface area contributed by atoms with Crippen molar-refractivity contribution in [3.8, 4) is 67.8 Å². The van der Waals surface area contributed by atoms with Crippen molar-refractivity contribution in [3.63, 3.8) is 0 Å². The first-order valence-electron chi connectivity index (χ1n) is 21.7. The highest BCUT2D eigenvalue weighted by atomic mass is 15.0. The molecule has 6 heteroatoms. The van der Waals surface area contributed by atoms with Crippen LogP contribution in [-0.2, 0) is 0 Å². The van der Waals surface area contributed by atoms with E-state index in [9.17, 15) is 0 Å². The van der Waals surface area contributed by atoms with Crippen LogP contribution in [0, 0.1) is 18.8 Å². The summed E-state index contributed by atoms with van der Waals surface area (Å²) in [7, 11) is 0. The Morgan fingerprint density at radius 2 is 0.952 bits per heavy atom. The van der Waals surface area contributed by atoms with Crippen molar-refractivity contribution < 1.29 is 0 Å². The molecule has 0 spiro atoms. The smallest absolute Gasteiger partial charge is 0.164 e. The molecule has 63 heavy (non-hydrogen) atoms. The quantitative estimate of drug-likeness (QED) is 0.144. The highest BCUT2D eigenvalue weighted by molar-refractivity contribution is 5.78. The molecule has 304 valence electrons. The molecule has 2 aliphatic carbocycles. The van der Waals surface area contributed by atoms with Gasteiger partial charge in [0.05, 0.1) is 0 Å². The third-order valence-electron chi connectivity index (χ3n) is 12.1. The maximum absolute atomic E-state index is 5.13. The van der Waals surface area contributed by atoms with Gasteiger partial charge in [-0.25, -0.2) is 29.9 Å². The van der Waals surface area contributed by atoms with Crippen molar-refractivity contribution in [1.29, 1.82) is 0 Å². The minimum Gasteiger partial charge on any atom is -0.209 e. The number of aryl methyl sites for hydroxylation is 1. The molecule has 0 saturated heterocycles. The van der Waals surface area contributed by atoms with Crippen LogP contribution in [-0.4, -0.2) is 29.9 Å². The van der Waals surface area contributed by atoms with E-state index in [1.807, 2.05) is 54.6 Å². The first kappa shape index (κ1) is 39.4. The first-order chi connectivity index (χ1) is 30.9. The number of benzene rings is 6. The molecular formula is C57H46N6. The lowest BCUT2D eigenvalue weighted by Gasteiger charge is -2.27. The van der Waals surface area contributed by atoms with E-state index in [1.54, 1.807) is 0 Å². The normalized spacial score (nSPS) is 17.0. The molecule has 0 amide bonds. The van der Waals surface area contributed by atoms with Crippen molar-refractivity contribution in [2.24, 2.45) is 11.8 Å². The molecule has 3 unspecified atom stereocenters. The molecular weight excluding hydrogens is 769 g/mol. The second-order valence-corrected chi connectivity index (χ2v) is 16.5. The lowest BCUT2D eigenvalue weighted by molar-refractivity contribution is 0.647. The average Bonchev–Trinajstić information content (AvgIpc) is 3.35. The summed E-state index contributed by atoms with van der Waals surface area (Å²) in [5.74, 6) is 4.71. The van der Waals surface area contributed by atoms with Crippen LogP contribution in [0.25, 0.3) is 79.0 Å². The number of rotatable bonds is 9. The third kappa shape index (κ3) is 8.36. The zero-order chi connectivity index (χ0) is 42.7. The monoisotopic (exact) mass is 814 g/mol. The molecule has 10 rings (SSSR count). The van der Waals surface area contributed by atoms with Gasteiger partial charge in [0.1, 0.15) is 0 Å². The van der Waals surface area contributed by atoms with E-state index >= 15 is 0 Å². The molecule has 3 atom stereocenters. The molecule has 0 bridgehead atoms. The molecule has 8 aromatic rings. The standard InChI is InChI=1S/C57H46N6/c1-37-25-28-44(29-26-37)55-59-53(43-19-11-6-12-20-43)62-57(63-55)50-24-14-23-49(39(50)3)46-21-13-22-47(35-46)51-36-48(30-27-38(51)2)56-60-52(42-17-9-5-10-18-42)58-54(61-56)45-33-31-41(32-34-45)40-15-7-4-8-16-40/h4-25,27-37,39,49H,26H2,1-3H3. The Kier molecular flexibility index (Phi) is 10.9. The topological polar surface area (TPSA) is 77.3 Å². The molecule has 0 radical (unpaired) electrons. The van der Waals surface area contributed by atoms with Crippen LogP contribution in [0.1, 0.15) is 49.0 Å². The SMILES string of the molecule is Cc1ccc(-c2nc(-c3ccccc3)nc(-c3ccc(-c4ccccc4)cc3)n2)cc1-c1cccc(C2C=CC=C(c3nc(C4=CCC(C)C=C4)nc(-c4ccccc4)n3)C2C)c1. The largest absolute Gasteiger partial charge is 0.209 e. The maximum Gasteiger partial charge on any atom is 0.164 e. The Morgan fingerprint density at radius 1 is 0.444 bits per heavy atom. The summed E-state index contributed by atoms with van der Waals surface area (Å²) in [6, 6.07) is 54.6. The summed E-state index contributed by atoms with van der Waals surface area (Å²) in [6.07, 6.45) is 14.2. The van der Waals surface area contributed by atoms with Crippen LogP contribution >= 0.6 is 0 Å². The van der Waals surface area contributed by atoms with Gasteiger partial charge in [-0.1, -0.05) is 202 Å². The zero-order valence-electron chi connectivity index (χ0n) is 35.6. The van der Waals surface area contributed by atoms with Gasteiger partial charge in [0.2, 0.25) is 0 Å². The van der Waals surface area contributed by atoms with Crippen molar-refractivity contribution in [2.75, 3.05) is 0 Å². The van der Waals surface area contributed by atoms with E-state index in [4.69, 9.17) is 29.9 Å². The summed E-state index contributed by atoms with van der Waals surface area (Å²) in [6.45, 7) is 6.67. The highest BCUT2D eigenvalue weighted by Gasteiger charge is 2.27. The zero-order valence-corrected chi connectivity index (χ0v) is 35.6. The summed E-state index contributed by atoms with van der Waals surface area (Å²) >= 11 is 0. The minimum absolute atomic E-state index is 0.106. The summed E-state index contributed by atoms with van der Waals surface area (Å²) in [5.41, 5.74) is 12.9. The minimum atomic E-state index is 0.106. The Hall–Kier alpha value is -7.70. The van der Waals surface area contributed by atoms with Gasteiger partial charge in [-0.05, 0) is 64.6 Å². The molecule has 2 aromatic heterocycles. The van der Waals surface area contributed by atoms with Gasteiger partial charge in [-0.15, -0.1) is 0 Å². The Morgan fingerprint density at radius 3 is 1.59 bits per heavy atom. The average molecular weight is 815 g/mol. The van der Waals surface area contributed by atoms with Gasteiger partial charge in [-0.2, -0.15) is 0 Å². The van der Waals surface area contributed by atoms with Gasteiger partial charge in [0, 0.05) is 39.3 Å². The Labute approximate surface area is 369 Å². The van der Waals surface area contributed by atoms with Crippen molar-refractivity contribution >= 4 is 11.1 Å². The summed E-state index contributed by atoms with van der Waals surface area (Å²) in [5, 5.41) is 0. The molecule has 6 nitrogen and oxygen atoms in total. The first-order valence-corrected chi connectivity index (χ1v) is 21.7. The van der Waals surface area contributed by atoms with Crippen LogP contribution < -0.4 is 0 Å². The molecule has 2 aliphatic rings. The van der Waals surface area contributed by atoms with Crippen LogP contribution in [0.3, 0.4) is 0 Å². The Balaban J connectivity index is 0.982. The molecule has 2 heterocycles. The summed E-state index contributed by atoms with van der Waals surface area (Å²) < 4.78 is 0. The van der Waals surface area contributed by atoms with Gasteiger partial charge in [0.15, 0.2) is 34.9 Å².